The Balaban J connectivity index is 3.35. The Labute approximate surface area is 337 Å². The summed E-state index contributed by atoms with van der Waals surface area (Å²) in [5.41, 5.74) is 0. The van der Waals surface area contributed by atoms with Gasteiger partial charge in [0.15, 0.2) is 11.6 Å². The summed E-state index contributed by atoms with van der Waals surface area (Å²) in [6, 6.07) is 0. The summed E-state index contributed by atoms with van der Waals surface area (Å²) >= 11 is 0. The lowest BCUT2D eigenvalue weighted by atomic mass is 9.82. The minimum atomic E-state index is -0.660. The van der Waals surface area contributed by atoms with Gasteiger partial charge in [0.1, 0.15) is 12.2 Å². The zero-order chi connectivity index (χ0) is 42.5. The molecule has 10 nitrogen and oxygen atoms in total. The molecule has 0 saturated carbocycles. The van der Waals surface area contributed by atoms with Gasteiger partial charge in [0.2, 0.25) is 0 Å². The summed E-state index contributed by atoms with van der Waals surface area (Å²) in [7, 11) is 6.42. The normalized spacial score (nSPS) is 27.8. The molecule has 1 rings (SSSR count). The molecule has 14 atom stereocenters. The molecule has 0 aromatic heterocycles. The summed E-state index contributed by atoms with van der Waals surface area (Å²) in [5, 5.41) is 0. The van der Waals surface area contributed by atoms with E-state index in [1.807, 2.05) is 79.7 Å². The second-order valence-electron chi connectivity index (χ2n) is 15.3. The van der Waals surface area contributed by atoms with Crippen LogP contribution in [0.2, 0.25) is 0 Å². The molecule has 0 aromatic rings. The maximum absolute atomic E-state index is 13.3. The van der Waals surface area contributed by atoms with Crippen LogP contribution in [0.4, 0.5) is 0 Å². The number of ketones is 2. The van der Waals surface area contributed by atoms with Crippen LogP contribution in [0, 0.1) is 47.3 Å². The zero-order valence-corrected chi connectivity index (χ0v) is 36.5. The van der Waals surface area contributed by atoms with Crippen LogP contribution in [0.1, 0.15) is 82.1 Å². The monoisotopic (exact) mass is 785 g/mol. The highest BCUT2D eigenvalue weighted by molar-refractivity contribution is 5.92. The standard InChI is InChI=1S/C46H72O10/c1-15-37(35(9)51-11)25-27-39(47)31(5)45(53-13)33(7)43-29(3)21-17-19-24-42(50)56-44(30(4)22-18-20-23-41(49)55-43)34(8)46(54-14)32(6)40(48)28-26-38(16-2)36(10)52-12/h17-38,43-46H,15-16H2,1-14H3/b21-17+,22-18+,23-20+,24-19+,27-25+,28-26+. The largest absolute Gasteiger partial charge is 0.458 e. The average molecular weight is 785 g/mol. The lowest BCUT2D eigenvalue weighted by Crippen LogP contribution is -2.42. The third-order valence-electron chi connectivity index (χ3n) is 11.5. The van der Waals surface area contributed by atoms with E-state index < -0.39 is 48.2 Å². The molecule has 0 N–H and O–H groups in total. The van der Waals surface area contributed by atoms with Crippen LogP contribution in [-0.2, 0) is 47.6 Å². The minimum Gasteiger partial charge on any atom is -0.458 e. The van der Waals surface area contributed by atoms with E-state index in [9.17, 15) is 19.2 Å². The molecule has 1 heterocycles. The zero-order valence-electron chi connectivity index (χ0n) is 36.5. The van der Waals surface area contributed by atoms with Crippen molar-refractivity contribution in [2.24, 2.45) is 47.3 Å². The molecule has 56 heavy (non-hydrogen) atoms. The van der Waals surface area contributed by atoms with Crippen LogP contribution in [0.25, 0.3) is 0 Å². The molecule has 0 radical (unpaired) electrons. The van der Waals surface area contributed by atoms with E-state index in [2.05, 4.69) is 13.8 Å². The SMILES string of the molecule is CCC(/C=C/C(=O)C(C)C(OC)C(C)C1OC(=O)/C=C/C=C/C(C)C(C(C)C(OC)C(C)C(=O)/C=C/C(CC)C(C)OC)OC(=O)/C=C/C=C/C1C)C(C)OC. The Kier molecular flexibility index (Phi) is 23.9. The Bertz CT molecular complexity index is 1290. The maximum atomic E-state index is 13.3. The molecule has 1 aliphatic rings. The van der Waals surface area contributed by atoms with Crippen molar-refractivity contribution >= 4 is 23.5 Å². The van der Waals surface area contributed by atoms with Crippen molar-refractivity contribution < 1.29 is 47.6 Å². The van der Waals surface area contributed by atoms with Crippen molar-refractivity contribution in [3.05, 3.63) is 72.9 Å². The predicted molar refractivity (Wildman–Crippen MR) is 222 cm³/mol. The van der Waals surface area contributed by atoms with E-state index in [-0.39, 0.29) is 59.3 Å². The molecular formula is C46H72O10. The number of methoxy groups -OCH3 is 4. The number of carbonyl (C=O) groups excluding carboxylic acids is 4. The molecule has 0 aliphatic carbocycles. The first-order chi connectivity index (χ1) is 26.5. The Morgan fingerprint density at radius 3 is 1.23 bits per heavy atom. The number of cyclic esters (lactones) is 2. The van der Waals surface area contributed by atoms with E-state index in [1.165, 1.54) is 12.2 Å². The second kappa shape index (κ2) is 26.5. The summed E-state index contributed by atoms with van der Waals surface area (Å²) in [6.45, 7) is 19.3. The lowest BCUT2D eigenvalue weighted by molar-refractivity contribution is -0.153. The predicted octanol–water partition coefficient (Wildman–Crippen LogP) is 8.27. The fourth-order valence-corrected chi connectivity index (χ4v) is 7.48. The second-order valence-corrected chi connectivity index (χ2v) is 15.3. The summed E-state index contributed by atoms with van der Waals surface area (Å²) in [5.74, 6) is -3.51. The van der Waals surface area contributed by atoms with E-state index >= 15 is 0 Å². The molecule has 0 spiro atoms. The van der Waals surface area contributed by atoms with Gasteiger partial charge in [0, 0.05) is 87.9 Å². The summed E-state index contributed by atoms with van der Waals surface area (Å²) in [6.07, 6.45) is 19.1. The van der Waals surface area contributed by atoms with E-state index in [0.29, 0.717) is 0 Å². The third kappa shape index (κ3) is 15.8. The van der Waals surface area contributed by atoms with Gasteiger partial charge in [-0.1, -0.05) is 104 Å². The van der Waals surface area contributed by atoms with Gasteiger partial charge in [0.05, 0.1) is 24.4 Å². The molecule has 14 unspecified atom stereocenters. The number of esters is 2. The topological polar surface area (TPSA) is 124 Å². The minimum absolute atomic E-state index is 0.0275. The Hall–Kier alpha value is -3.44. The van der Waals surface area contributed by atoms with Crippen LogP contribution in [-0.4, -0.2) is 88.6 Å². The summed E-state index contributed by atoms with van der Waals surface area (Å²) < 4.78 is 34.8. The van der Waals surface area contributed by atoms with Crippen molar-refractivity contribution in [1.29, 1.82) is 0 Å². The van der Waals surface area contributed by atoms with Crippen LogP contribution < -0.4 is 0 Å². The quantitative estimate of drug-likeness (QED) is 0.0881. The number of hydrogen-bond donors (Lipinski definition) is 0. The van der Waals surface area contributed by atoms with Gasteiger partial charge in [-0.2, -0.15) is 0 Å². The van der Waals surface area contributed by atoms with Gasteiger partial charge >= 0.3 is 11.9 Å². The van der Waals surface area contributed by atoms with Gasteiger partial charge < -0.3 is 28.4 Å². The average Bonchev–Trinajstić information content (AvgIpc) is 3.18. The fourth-order valence-electron chi connectivity index (χ4n) is 7.48. The molecular weight excluding hydrogens is 712 g/mol. The lowest BCUT2D eigenvalue weighted by Gasteiger charge is -2.35. The highest BCUT2D eigenvalue weighted by atomic mass is 16.6. The maximum Gasteiger partial charge on any atom is 0.331 e. The van der Waals surface area contributed by atoms with E-state index in [1.54, 1.807) is 64.9 Å². The number of allylic oxidation sites excluding steroid dienone is 6. The first kappa shape index (κ1) is 50.6. The number of hydrogen-bond acceptors (Lipinski definition) is 10. The van der Waals surface area contributed by atoms with Crippen LogP contribution in [0.3, 0.4) is 0 Å². The van der Waals surface area contributed by atoms with E-state index in [4.69, 9.17) is 28.4 Å². The van der Waals surface area contributed by atoms with Crippen molar-refractivity contribution in [3.63, 3.8) is 0 Å². The number of rotatable bonds is 20. The van der Waals surface area contributed by atoms with Gasteiger partial charge in [-0.3, -0.25) is 9.59 Å². The van der Waals surface area contributed by atoms with Crippen molar-refractivity contribution in [2.75, 3.05) is 28.4 Å². The van der Waals surface area contributed by atoms with Crippen LogP contribution >= 0.6 is 0 Å². The van der Waals surface area contributed by atoms with Gasteiger partial charge in [-0.05, 0) is 38.8 Å². The molecule has 1 aliphatic heterocycles. The summed E-state index contributed by atoms with van der Waals surface area (Å²) in [4.78, 5) is 53.2. The highest BCUT2D eigenvalue weighted by Gasteiger charge is 2.38. The van der Waals surface area contributed by atoms with Crippen molar-refractivity contribution in [2.45, 2.75) is 119 Å². The third-order valence-corrected chi connectivity index (χ3v) is 11.5. The van der Waals surface area contributed by atoms with Crippen molar-refractivity contribution in [3.8, 4) is 0 Å². The molecule has 0 aromatic carbocycles. The smallest absolute Gasteiger partial charge is 0.331 e. The van der Waals surface area contributed by atoms with E-state index in [0.717, 1.165) is 12.8 Å². The molecule has 0 bridgehead atoms. The first-order valence-electron chi connectivity index (χ1n) is 20.2. The first-order valence-corrected chi connectivity index (χ1v) is 20.2. The van der Waals surface area contributed by atoms with Gasteiger partial charge in [0.25, 0.3) is 0 Å². The number of ether oxygens (including phenoxy) is 6. The number of carbonyl (C=O) groups is 4. The van der Waals surface area contributed by atoms with Crippen LogP contribution in [0.5, 0.6) is 0 Å². The van der Waals surface area contributed by atoms with Crippen LogP contribution in [0.15, 0.2) is 72.9 Å². The Morgan fingerprint density at radius 1 is 0.607 bits per heavy atom. The van der Waals surface area contributed by atoms with Gasteiger partial charge in [-0.15, -0.1) is 0 Å². The molecule has 10 heteroatoms. The fraction of sp³-hybridized carbons (Fsp3) is 0.652. The Morgan fingerprint density at radius 2 is 0.946 bits per heavy atom. The molecule has 0 saturated heterocycles. The van der Waals surface area contributed by atoms with Gasteiger partial charge in [-0.25, -0.2) is 9.59 Å². The highest BCUT2D eigenvalue weighted by Crippen LogP contribution is 2.30. The molecule has 0 fully saturated rings. The molecule has 0 amide bonds. The molecule has 316 valence electrons. The van der Waals surface area contributed by atoms with Crippen molar-refractivity contribution in [1.82, 2.24) is 0 Å².